The molecule has 3 aromatic rings. The molecule has 3 rings (SSSR count). The lowest BCUT2D eigenvalue weighted by Crippen LogP contribution is -2.42. The fraction of sp³-hybridized carbons (Fsp3) is 0.469. The number of nitriles is 1. The number of aliphatic hydroxyl groups is 1. The van der Waals surface area contributed by atoms with Crippen LogP contribution < -0.4 is 10.1 Å². The van der Waals surface area contributed by atoms with Gasteiger partial charge in [-0.3, -0.25) is 4.79 Å². The first kappa shape index (κ1) is 30.1. The lowest BCUT2D eigenvalue weighted by Gasteiger charge is -2.27. The number of aryl methyl sites for hydroxylation is 1. The Morgan fingerprint density at radius 1 is 1.13 bits per heavy atom. The molecule has 1 unspecified atom stereocenters. The van der Waals surface area contributed by atoms with Crippen LogP contribution in [0.4, 0.5) is 0 Å². The van der Waals surface area contributed by atoms with E-state index in [0.717, 1.165) is 22.6 Å². The number of benzene rings is 2. The predicted octanol–water partition coefficient (Wildman–Crippen LogP) is 5.44. The van der Waals surface area contributed by atoms with Crippen LogP contribution in [0.25, 0.3) is 11.3 Å². The molecule has 0 aliphatic carbocycles. The Labute approximate surface area is 232 Å². The molecule has 3 atom stereocenters. The highest BCUT2D eigenvalue weighted by molar-refractivity contribution is 5.98. The van der Waals surface area contributed by atoms with E-state index < -0.39 is 6.10 Å². The normalized spacial score (nSPS) is 14.1. The van der Waals surface area contributed by atoms with Gasteiger partial charge in [0.25, 0.3) is 0 Å². The van der Waals surface area contributed by atoms with Gasteiger partial charge in [-0.15, -0.1) is 0 Å². The first-order valence-corrected chi connectivity index (χ1v) is 13.6. The van der Waals surface area contributed by atoms with Crippen LogP contribution in [0, 0.1) is 17.2 Å². The fourth-order valence-electron chi connectivity index (χ4n) is 4.81. The summed E-state index contributed by atoms with van der Waals surface area (Å²) in [5, 5.41) is 23.3. The Kier molecular flexibility index (Phi) is 9.71. The number of nitrogens with one attached hydrogen (secondary N) is 1. The van der Waals surface area contributed by atoms with Gasteiger partial charge in [-0.2, -0.15) is 5.26 Å². The average Bonchev–Trinajstić information content (AvgIpc) is 3.28. The summed E-state index contributed by atoms with van der Waals surface area (Å²) >= 11 is 0. The third-order valence-electron chi connectivity index (χ3n) is 6.90. The van der Waals surface area contributed by atoms with Gasteiger partial charge in [0.15, 0.2) is 5.78 Å². The predicted molar refractivity (Wildman–Crippen MR) is 155 cm³/mol. The molecule has 0 saturated carbocycles. The van der Waals surface area contributed by atoms with E-state index in [4.69, 9.17) is 9.72 Å². The van der Waals surface area contributed by atoms with E-state index in [0.29, 0.717) is 23.3 Å². The highest BCUT2D eigenvalue weighted by Crippen LogP contribution is 2.27. The average molecular weight is 531 g/mol. The molecular weight excluding hydrogens is 488 g/mol. The molecule has 1 aromatic heterocycles. The summed E-state index contributed by atoms with van der Waals surface area (Å²) in [6, 6.07) is 15.2. The molecule has 7 heteroatoms. The van der Waals surface area contributed by atoms with E-state index in [-0.39, 0.29) is 35.8 Å². The highest BCUT2D eigenvalue weighted by Gasteiger charge is 2.24. The Balaban J connectivity index is 1.65. The molecule has 208 valence electrons. The van der Waals surface area contributed by atoms with Gasteiger partial charge in [0, 0.05) is 41.7 Å². The smallest absolute Gasteiger partial charge is 0.176 e. The second-order valence-corrected chi connectivity index (χ2v) is 11.7. The van der Waals surface area contributed by atoms with Gasteiger partial charge < -0.3 is 19.7 Å². The van der Waals surface area contributed by atoms with E-state index >= 15 is 0 Å². The zero-order chi connectivity index (χ0) is 28.9. The largest absolute Gasteiger partial charge is 0.490 e. The number of aliphatic hydroxyl groups excluding tert-OH is 1. The second kappa shape index (κ2) is 12.6. The number of hydrogen-bond acceptors (Lipinski definition) is 6. The minimum Gasteiger partial charge on any atom is -0.490 e. The number of hydrogen-bond donors (Lipinski definition) is 2. The van der Waals surface area contributed by atoms with Crippen LogP contribution in [0.1, 0.15) is 75.8 Å². The van der Waals surface area contributed by atoms with Crippen molar-refractivity contribution in [2.45, 2.75) is 78.6 Å². The van der Waals surface area contributed by atoms with E-state index in [1.54, 1.807) is 25.1 Å². The van der Waals surface area contributed by atoms with Crippen molar-refractivity contribution < 1.29 is 14.6 Å². The topological polar surface area (TPSA) is 100 Å². The quantitative estimate of drug-likeness (QED) is 0.320. The third kappa shape index (κ3) is 7.78. The zero-order valence-electron chi connectivity index (χ0n) is 24.4. The number of nitrogens with zero attached hydrogens (tertiary/aromatic N) is 3. The van der Waals surface area contributed by atoms with Crippen molar-refractivity contribution in [3.8, 4) is 23.1 Å². The van der Waals surface area contributed by atoms with Gasteiger partial charge in [0.1, 0.15) is 17.6 Å². The number of carbonyl (C=O) groups excluding carboxylic acids is 1. The molecule has 2 aromatic carbocycles. The lowest BCUT2D eigenvalue weighted by molar-refractivity contribution is 0.0921. The number of carbonyl (C=O) groups is 1. The zero-order valence-corrected chi connectivity index (χ0v) is 24.4. The molecule has 39 heavy (non-hydrogen) atoms. The fourth-order valence-corrected chi connectivity index (χ4v) is 4.81. The number of ketones is 1. The van der Waals surface area contributed by atoms with Crippen LogP contribution >= 0.6 is 0 Å². The van der Waals surface area contributed by atoms with Crippen LogP contribution in [0.5, 0.6) is 5.75 Å². The highest BCUT2D eigenvalue weighted by atomic mass is 16.5. The van der Waals surface area contributed by atoms with Gasteiger partial charge in [-0.25, -0.2) is 4.98 Å². The molecule has 0 bridgehead atoms. The molecule has 0 aliphatic rings. The maximum atomic E-state index is 12.9. The van der Waals surface area contributed by atoms with Crippen molar-refractivity contribution in [3.63, 3.8) is 0 Å². The number of ether oxygens (including phenoxy) is 1. The molecule has 0 fully saturated rings. The Bertz CT molecular complexity index is 1310. The molecule has 7 nitrogen and oxygen atoms in total. The summed E-state index contributed by atoms with van der Waals surface area (Å²) in [6.07, 6.45) is 2.09. The number of Topliss-reactive ketones (excluding diaryl/α,β-unsaturated/α-hetero) is 1. The number of imidazole rings is 1. The summed E-state index contributed by atoms with van der Waals surface area (Å²) in [4.78, 5) is 17.7. The van der Waals surface area contributed by atoms with Crippen LogP contribution in [0.3, 0.4) is 0 Å². The summed E-state index contributed by atoms with van der Waals surface area (Å²) in [6.45, 7) is 14.1. The van der Waals surface area contributed by atoms with Crippen molar-refractivity contribution in [2.24, 2.45) is 13.0 Å². The summed E-state index contributed by atoms with van der Waals surface area (Å²) in [5.74, 6) is 1.30. The SMILES string of the molecule is CC(C)Oc1ccc(C(=O)CN[C@H](C)[C@@H](Cc2ccc(-c3cn(C)c(C(C)(C)C)n3)cc2)C(C)O)cc1C#N. The van der Waals surface area contributed by atoms with Crippen LogP contribution in [0.2, 0.25) is 0 Å². The molecule has 0 aliphatic heterocycles. The van der Waals surface area contributed by atoms with Crippen molar-refractivity contribution in [1.82, 2.24) is 14.9 Å². The summed E-state index contributed by atoms with van der Waals surface area (Å²) in [7, 11) is 2.02. The standard InChI is InChI=1S/C32H42N4O3/c1-20(2)39-30-14-13-25(16-26(30)17-33)29(38)18-34-21(3)27(22(4)37)15-23-9-11-24(12-10-23)28-19-36(8)31(35-28)32(5,6)7/h9-14,16,19-22,27,34,37H,15,18H2,1-8H3/t21-,22?,27-/m1/s1. The van der Waals surface area contributed by atoms with Crippen LogP contribution in [-0.2, 0) is 18.9 Å². The van der Waals surface area contributed by atoms with E-state index in [2.05, 4.69) is 67.2 Å². The summed E-state index contributed by atoms with van der Waals surface area (Å²) < 4.78 is 7.73. The minimum atomic E-state index is -0.565. The first-order valence-electron chi connectivity index (χ1n) is 13.6. The number of aromatic nitrogens is 2. The van der Waals surface area contributed by atoms with Crippen LogP contribution in [0.15, 0.2) is 48.7 Å². The molecule has 1 heterocycles. The Morgan fingerprint density at radius 3 is 2.33 bits per heavy atom. The van der Waals surface area contributed by atoms with Gasteiger partial charge in [0.2, 0.25) is 0 Å². The minimum absolute atomic E-state index is 0.0361. The number of rotatable bonds is 11. The van der Waals surface area contributed by atoms with Gasteiger partial charge in [0.05, 0.1) is 30.0 Å². The third-order valence-corrected chi connectivity index (χ3v) is 6.90. The molecule has 0 amide bonds. The Morgan fingerprint density at radius 2 is 1.79 bits per heavy atom. The molecule has 0 spiro atoms. The molecular formula is C32H42N4O3. The van der Waals surface area contributed by atoms with Crippen LogP contribution in [-0.4, -0.2) is 45.2 Å². The van der Waals surface area contributed by atoms with Crippen molar-refractivity contribution >= 4 is 5.78 Å². The maximum Gasteiger partial charge on any atom is 0.176 e. The van der Waals surface area contributed by atoms with Crippen molar-refractivity contribution in [2.75, 3.05) is 6.54 Å². The van der Waals surface area contributed by atoms with Gasteiger partial charge >= 0.3 is 0 Å². The lowest BCUT2D eigenvalue weighted by atomic mass is 9.88. The van der Waals surface area contributed by atoms with Crippen molar-refractivity contribution in [1.29, 1.82) is 5.26 Å². The maximum absolute atomic E-state index is 12.9. The van der Waals surface area contributed by atoms with Gasteiger partial charge in [-0.1, -0.05) is 45.0 Å². The summed E-state index contributed by atoms with van der Waals surface area (Å²) in [5.41, 5.74) is 3.86. The van der Waals surface area contributed by atoms with E-state index in [9.17, 15) is 15.2 Å². The van der Waals surface area contributed by atoms with Gasteiger partial charge in [-0.05, 0) is 57.9 Å². The Hall–Kier alpha value is -3.47. The van der Waals surface area contributed by atoms with Crippen molar-refractivity contribution in [3.05, 3.63) is 71.2 Å². The second-order valence-electron chi connectivity index (χ2n) is 11.7. The monoisotopic (exact) mass is 530 g/mol. The first-order chi connectivity index (χ1) is 18.3. The van der Waals surface area contributed by atoms with E-state index in [1.807, 2.05) is 27.8 Å². The molecule has 0 saturated heterocycles. The molecule has 0 radical (unpaired) electrons. The molecule has 2 N–H and O–H groups in total. The van der Waals surface area contributed by atoms with E-state index in [1.165, 1.54) is 0 Å².